The Morgan fingerprint density at radius 1 is 1.28 bits per heavy atom. The van der Waals surface area contributed by atoms with Crippen molar-refractivity contribution in [1.29, 1.82) is 0 Å². The maximum absolute atomic E-state index is 13.0. The van der Waals surface area contributed by atoms with Gasteiger partial charge in [0.25, 0.3) is 0 Å². The molecule has 2 aromatic rings. The van der Waals surface area contributed by atoms with E-state index in [4.69, 9.17) is 4.42 Å². The molecule has 0 spiro atoms. The Balaban J connectivity index is 1.63. The number of para-hydroxylation sites is 1. The molecule has 0 saturated carbocycles. The van der Waals surface area contributed by atoms with Crippen LogP contribution in [0.1, 0.15) is 24.7 Å². The largest absolute Gasteiger partial charge is 0.463 e. The van der Waals surface area contributed by atoms with E-state index >= 15 is 0 Å². The van der Waals surface area contributed by atoms with Crippen LogP contribution >= 0.6 is 11.8 Å². The van der Waals surface area contributed by atoms with Gasteiger partial charge in [-0.25, -0.2) is 0 Å². The normalized spacial score (nSPS) is 18.8. The van der Waals surface area contributed by atoms with Gasteiger partial charge >= 0.3 is 6.18 Å². The Morgan fingerprint density at radius 2 is 2.03 bits per heavy atom. The van der Waals surface area contributed by atoms with Gasteiger partial charge in [0.05, 0.1) is 17.5 Å². The third-order valence-electron chi connectivity index (χ3n) is 3.82. The smallest absolute Gasteiger partial charge is 0.418 e. The van der Waals surface area contributed by atoms with Crippen molar-refractivity contribution in [3.63, 3.8) is 0 Å². The molecule has 0 unspecified atom stereocenters. The molecule has 2 N–H and O–H groups in total. The lowest BCUT2D eigenvalue weighted by atomic mass is 10.1. The van der Waals surface area contributed by atoms with Gasteiger partial charge in [0, 0.05) is 6.42 Å². The summed E-state index contributed by atoms with van der Waals surface area (Å²) in [7, 11) is 0. The number of halogens is 3. The second-order valence-electron chi connectivity index (χ2n) is 5.96. The lowest BCUT2D eigenvalue weighted by molar-refractivity contribution is -0.137. The molecule has 1 aromatic carbocycles. The quantitative estimate of drug-likeness (QED) is 0.566. The van der Waals surface area contributed by atoms with Crippen molar-refractivity contribution in [1.82, 2.24) is 5.32 Å². The van der Waals surface area contributed by atoms with Gasteiger partial charge in [0.2, 0.25) is 11.8 Å². The zero-order chi connectivity index (χ0) is 21.0. The molecule has 1 saturated heterocycles. The molecule has 7 nitrogen and oxygen atoms in total. The summed E-state index contributed by atoms with van der Waals surface area (Å²) in [6.07, 6.45) is -3.44. The van der Waals surface area contributed by atoms with Crippen LogP contribution in [0.5, 0.6) is 0 Å². The number of rotatable bonds is 5. The molecular formula is C18H15F3N4O3S. The van der Waals surface area contributed by atoms with Crippen LogP contribution in [-0.4, -0.2) is 27.9 Å². The van der Waals surface area contributed by atoms with E-state index in [1.165, 1.54) is 18.4 Å². The van der Waals surface area contributed by atoms with Crippen molar-refractivity contribution in [2.45, 2.75) is 24.8 Å². The van der Waals surface area contributed by atoms with E-state index in [1.54, 1.807) is 19.1 Å². The Bertz CT molecular complexity index is 971. The maximum atomic E-state index is 13.0. The number of nitrogens with one attached hydrogen (secondary N) is 2. The average molecular weight is 424 g/mol. The number of thioether (sulfide) groups is 1. The van der Waals surface area contributed by atoms with Crippen LogP contribution in [0.15, 0.2) is 57.3 Å². The highest BCUT2D eigenvalue weighted by Crippen LogP contribution is 2.34. The van der Waals surface area contributed by atoms with Crippen molar-refractivity contribution < 1.29 is 27.2 Å². The van der Waals surface area contributed by atoms with Crippen LogP contribution in [0, 0.1) is 0 Å². The van der Waals surface area contributed by atoms with E-state index in [0.29, 0.717) is 11.5 Å². The summed E-state index contributed by atoms with van der Waals surface area (Å²) in [5, 5.41) is 11.9. The summed E-state index contributed by atoms with van der Waals surface area (Å²) < 4.78 is 44.2. The number of amides is 2. The number of nitrogens with zero attached hydrogens (tertiary/aromatic N) is 2. The minimum Gasteiger partial charge on any atom is -0.463 e. The fourth-order valence-electron chi connectivity index (χ4n) is 2.45. The molecule has 1 aromatic heterocycles. The highest BCUT2D eigenvalue weighted by atomic mass is 32.2. The van der Waals surface area contributed by atoms with Gasteiger partial charge in [-0.05, 0) is 31.2 Å². The van der Waals surface area contributed by atoms with Crippen molar-refractivity contribution in [2.75, 3.05) is 5.32 Å². The van der Waals surface area contributed by atoms with Crippen LogP contribution in [-0.2, 0) is 15.8 Å². The van der Waals surface area contributed by atoms with E-state index < -0.39 is 28.8 Å². The molecule has 1 aliphatic rings. The molecule has 1 fully saturated rings. The topological polar surface area (TPSA) is 96.1 Å². The minimum absolute atomic E-state index is 0.189. The van der Waals surface area contributed by atoms with Gasteiger partial charge in [-0.3, -0.25) is 9.59 Å². The first-order chi connectivity index (χ1) is 13.7. The predicted octanol–water partition coefficient (Wildman–Crippen LogP) is 3.64. The highest BCUT2D eigenvalue weighted by molar-refractivity contribution is 8.15. The average Bonchev–Trinajstić information content (AvgIpc) is 3.30. The summed E-state index contributed by atoms with van der Waals surface area (Å²) in [5.41, 5.74) is -0.829. The number of alkyl halides is 3. The van der Waals surface area contributed by atoms with Crippen LogP contribution in [0.25, 0.3) is 0 Å². The summed E-state index contributed by atoms with van der Waals surface area (Å²) in [4.78, 5) is 24.2. The molecule has 11 heteroatoms. The first kappa shape index (κ1) is 20.6. The Hall–Kier alpha value is -3.08. The monoisotopic (exact) mass is 424 g/mol. The summed E-state index contributed by atoms with van der Waals surface area (Å²) in [6, 6.07) is 8.03. The third kappa shape index (κ3) is 5.25. The number of carbonyl (C=O) groups excluding carboxylic acids is 2. The van der Waals surface area contributed by atoms with Gasteiger partial charge < -0.3 is 15.1 Å². The van der Waals surface area contributed by atoms with Crippen molar-refractivity contribution in [2.24, 2.45) is 10.2 Å². The first-order valence-corrected chi connectivity index (χ1v) is 9.21. The molecule has 1 aliphatic heterocycles. The molecule has 152 valence electrons. The SMILES string of the molecule is CC(=NN=C1NC(=O)[C@H](CC(=O)Nc2ccccc2C(F)(F)F)S1)c1ccco1. The lowest BCUT2D eigenvalue weighted by Gasteiger charge is -2.14. The molecule has 2 heterocycles. The van der Waals surface area contributed by atoms with Crippen LogP contribution in [0.2, 0.25) is 0 Å². The van der Waals surface area contributed by atoms with Crippen molar-refractivity contribution in [3.8, 4) is 0 Å². The summed E-state index contributed by atoms with van der Waals surface area (Å²) in [5.74, 6) is -0.673. The van der Waals surface area contributed by atoms with Crippen LogP contribution in [0.4, 0.5) is 18.9 Å². The minimum atomic E-state index is -4.60. The van der Waals surface area contributed by atoms with Gasteiger partial charge in [-0.2, -0.15) is 13.2 Å². The van der Waals surface area contributed by atoms with E-state index in [9.17, 15) is 22.8 Å². The number of benzene rings is 1. The number of anilines is 1. The molecular weight excluding hydrogens is 409 g/mol. The van der Waals surface area contributed by atoms with Gasteiger partial charge in [-0.1, -0.05) is 23.9 Å². The number of hydrogen-bond donors (Lipinski definition) is 2. The summed E-state index contributed by atoms with van der Waals surface area (Å²) in [6.45, 7) is 1.67. The molecule has 29 heavy (non-hydrogen) atoms. The van der Waals surface area contributed by atoms with Crippen LogP contribution in [0.3, 0.4) is 0 Å². The fraction of sp³-hybridized carbons (Fsp3) is 0.222. The molecule has 0 aliphatic carbocycles. The third-order valence-corrected chi connectivity index (χ3v) is 4.89. The number of furan rings is 1. The molecule has 0 bridgehead atoms. The van der Waals surface area contributed by atoms with Crippen molar-refractivity contribution >= 4 is 40.1 Å². The number of carbonyl (C=O) groups is 2. The zero-order valence-electron chi connectivity index (χ0n) is 15.0. The van der Waals surface area contributed by atoms with Crippen LogP contribution < -0.4 is 10.6 Å². The standard InChI is InChI=1S/C18H15F3N4O3S/c1-10(13-7-4-8-28-13)24-25-17-23-16(27)14(29-17)9-15(26)22-12-6-3-2-5-11(12)18(19,20)21/h2-8,14H,9H2,1H3,(H,22,26)(H,23,25,27)/t14-/m0/s1. The Morgan fingerprint density at radius 3 is 2.72 bits per heavy atom. The van der Waals surface area contributed by atoms with Gasteiger partial charge in [-0.15, -0.1) is 10.2 Å². The highest BCUT2D eigenvalue weighted by Gasteiger charge is 2.35. The van der Waals surface area contributed by atoms with Crippen molar-refractivity contribution in [3.05, 3.63) is 54.0 Å². The zero-order valence-corrected chi connectivity index (χ0v) is 15.8. The summed E-state index contributed by atoms with van der Waals surface area (Å²) >= 11 is 0.975. The first-order valence-electron chi connectivity index (χ1n) is 8.34. The number of hydrogen-bond acceptors (Lipinski definition) is 6. The predicted molar refractivity (Wildman–Crippen MR) is 103 cm³/mol. The van der Waals surface area contributed by atoms with E-state index in [-0.39, 0.29) is 17.3 Å². The Kier molecular flexibility index (Phi) is 6.06. The molecule has 1 atom stereocenters. The van der Waals surface area contributed by atoms with Gasteiger partial charge in [0.1, 0.15) is 16.7 Å². The lowest BCUT2D eigenvalue weighted by Crippen LogP contribution is -2.28. The molecule has 2 amide bonds. The molecule has 3 rings (SSSR count). The van der Waals surface area contributed by atoms with E-state index in [2.05, 4.69) is 20.8 Å². The Labute approximate surface area is 167 Å². The van der Waals surface area contributed by atoms with Gasteiger partial charge in [0.15, 0.2) is 5.17 Å². The number of amidine groups is 1. The second-order valence-corrected chi connectivity index (χ2v) is 7.15. The molecule has 0 radical (unpaired) electrons. The maximum Gasteiger partial charge on any atom is 0.418 e. The van der Waals surface area contributed by atoms with E-state index in [1.807, 2.05) is 0 Å². The second kappa shape index (κ2) is 8.52. The van der Waals surface area contributed by atoms with E-state index in [0.717, 1.165) is 23.9 Å². The fourth-order valence-corrected chi connectivity index (χ4v) is 3.37.